The number of benzene rings is 3. The molecule has 0 spiro atoms. The standard InChI is InChI=1S/C21H17ClN2O2/c1-14-7-6-8-15(13-14)20(25)23-18-11-4-2-9-16(18)21(26)24-19-12-5-3-10-17(19)22/h2-13H,1H3,(H,23,25)(H,24,26). The van der Waals surface area contributed by atoms with Crippen LogP contribution in [0.25, 0.3) is 0 Å². The molecule has 0 aromatic heterocycles. The molecule has 3 aromatic rings. The van der Waals surface area contributed by atoms with Gasteiger partial charge in [0.25, 0.3) is 11.8 Å². The molecule has 2 amide bonds. The second-order valence-electron chi connectivity index (χ2n) is 5.80. The normalized spacial score (nSPS) is 10.2. The summed E-state index contributed by atoms with van der Waals surface area (Å²) in [5.41, 5.74) is 2.82. The second-order valence-corrected chi connectivity index (χ2v) is 6.21. The molecular weight excluding hydrogens is 348 g/mol. The fraction of sp³-hybridized carbons (Fsp3) is 0.0476. The van der Waals surface area contributed by atoms with E-state index in [-0.39, 0.29) is 11.8 Å². The summed E-state index contributed by atoms with van der Waals surface area (Å²) in [7, 11) is 0. The van der Waals surface area contributed by atoms with Gasteiger partial charge in [0.15, 0.2) is 0 Å². The molecule has 0 heterocycles. The van der Waals surface area contributed by atoms with Crippen molar-refractivity contribution in [2.24, 2.45) is 0 Å². The third-order valence-corrected chi connectivity index (χ3v) is 4.15. The van der Waals surface area contributed by atoms with E-state index in [4.69, 9.17) is 11.6 Å². The number of carbonyl (C=O) groups is 2. The van der Waals surface area contributed by atoms with E-state index in [2.05, 4.69) is 10.6 Å². The Bertz CT molecular complexity index is 969. The zero-order valence-electron chi connectivity index (χ0n) is 14.1. The first-order chi connectivity index (χ1) is 12.5. The van der Waals surface area contributed by atoms with E-state index in [9.17, 15) is 9.59 Å². The van der Waals surface area contributed by atoms with E-state index in [1.165, 1.54) is 0 Å². The Morgan fingerprint density at radius 1 is 0.769 bits per heavy atom. The molecule has 0 unspecified atom stereocenters. The van der Waals surface area contributed by atoms with Crippen LogP contribution in [0.3, 0.4) is 0 Å². The van der Waals surface area contributed by atoms with Gasteiger partial charge < -0.3 is 10.6 Å². The monoisotopic (exact) mass is 364 g/mol. The van der Waals surface area contributed by atoms with Gasteiger partial charge in [-0.05, 0) is 43.3 Å². The maximum absolute atomic E-state index is 12.6. The zero-order valence-corrected chi connectivity index (χ0v) is 14.9. The molecule has 26 heavy (non-hydrogen) atoms. The molecule has 0 atom stereocenters. The van der Waals surface area contributed by atoms with Gasteiger partial charge in [0.1, 0.15) is 0 Å². The van der Waals surface area contributed by atoms with Crippen molar-refractivity contribution in [3.8, 4) is 0 Å². The third kappa shape index (κ3) is 4.10. The number of anilines is 2. The number of hydrogen-bond donors (Lipinski definition) is 2. The molecular formula is C21H17ClN2O2. The predicted molar refractivity (Wildman–Crippen MR) is 105 cm³/mol. The Labute approximate surface area is 156 Å². The van der Waals surface area contributed by atoms with Crippen LogP contribution in [0.5, 0.6) is 0 Å². The average molecular weight is 365 g/mol. The zero-order chi connectivity index (χ0) is 18.5. The molecule has 0 saturated carbocycles. The quantitative estimate of drug-likeness (QED) is 0.672. The SMILES string of the molecule is Cc1cccc(C(=O)Nc2ccccc2C(=O)Nc2ccccc2Cl)c1. The van der Waals surface area contributed by atoms with Crippen molar-refractivity contribution in [1.29, 1.82) is 0 Å². The van der Waals surface area contributed by atoms with Crippen LogP contribution in [0.15, 0.2) is 72.8 Å². The summed E-state index contributed by atoms with van der Waals surface area (Å²) in [6.45, 7) is 1.92. The molecule has 0 radical (unpaired) electrons. The number of rotatable bonds is 4. The Morgan fingerprint density at radius 2 is 1.42 bits per heavy atom. The summed E-state index contributed by atoms with van der Waals surface area (Å²) in [5.74, 6) is -0.620. The number of nitrogens with one attached hydrogen (secondary N) is 2. The molecule has 0 aliphatic heterocycles. The van der Waals surface area contributed by atoms with Crippen LogP contribution in [0, 0.1) is 6.92 Å². The molecule has 0 fully saturated rings. The summed E-state index contributed by atoms with van der Waals surface area (Å²) in [6, 6.07) is 21.1. The van der Waals surface area contributed by atoms with E-state index < -0.39 is 0 Å². The number of hydrogen-bond acceptors (Lipinski definition) is 2. The second kappa shape index (κ2) is 7.85. The highest BCUT2D eigenvalue weighted by molar-refractivity contribution is 6.34. The van der Waals surface area contributed by atoms with Crippen molar-refractivity contribution in [3.63, 3.8) is 0 Å². The number of para-hydroxylation sites is 2. The van der Waals surface area contributed by atoms with Crippen LogP contribution in [0.2, 0.25) is 5.02 Å². The molecule has 3 aromatic carbocycles. The van der Waals surface area contributed by atoms with E-state index >= 15 is 0 Å². The fourth-order valence-electron chi connectivity index (χ4n) is 2.52. The first-order valence-electron chi connectivity index (χ1n) is 8.07. The van der Waals surface area contributed by atoms with E-state index in [0.29, 0.717) is 27.5 Å². The molecule has 0 saturated heterocycles. The average Bonchev–Trinajstić information content (AvgIpc) is 2.64. The Balaban J connectivity index is 1.83. The van der Waals surface area contributed by atoms with Gasteiger partial charge in [0.2, 0.25) is 0 Å². The highest BCUT2D eigenvalue weighted by atomic mass is 35.5. The van der Waals surface area contributed by atoms with Gasteiger partial charge in [0, 0.05) is 5.56 Å². The van der Waals surface area contributed by atoms with Gasteiger partial charge in [-0.1, -0.05) is 53.6 Å². The minimum absolute atomic E-state index is 0.272. The number of aryl methyl sites for hydroxylation is 1. The van der Waals surface area contributed by atoms with Crippen LogP contribution in [0.4, 0.5) is 11.4 Å². The van der Waals surface area contributed by atoms with Crippen molar-refractivity contribution in [2.45, 2.75) is 6.92 Å². The molecule has 4 nitrogen and oxygen atoms in total. The Morgan fingerprint density at radius 3 is 2.15 bits per heavy atom. The molecule has 0 aliphatic carbocycles. The smallest absolute Gasteiger partial charge is 0.257 e. The van der Waals surface area contributed by atoms with Crippen molar-refractivity contribution in [2.75, 3.05) is 10.6 Å². The maximum atomic E-state index is 12.6. The van der Waals surface area contributed by atoms with Gasteiger partial charge in [-0.15, -0.1) is 0 Å². The summed E-state index contributed by atoms with van der Waals surface area (Å²) in [4.78, 5) is 25.1. The van der Waals surface area contributed by atoms with Gasteiger partial charge in [-0.3, -0.25) is 9.59 Å². The van der Waals surface area contributed by atoms with E-state index in [1.807, 2.05) is 19.1 Å². The number of amides is 2. The van der Waals surface area contributed by atoms with Crippen LogP contribution >= 0.6 is 11.6 Å². The fourth-order valence-corrected chi connectivity index (χ4v) is 2.71. The van der Waals surface area contributed by atoms with Crippen LogP contribution in [-0.2, 0) is 0 Å². The Hall–Kier alpha value is -3.11. The van der Waals surface area contributed by atoms with E-state index in [1.54, 1.807) is 60.7 Å². The first-order valence-corrected chi connectivity index (χ1v) is 8.45. The maximum Gasteiger partial charge on any atom is 0.257 e. The van der Waals surface area contributed by atoms with Crippen LogP contribution in [-0.4, -0.2) is 11.8 Å². The van der Waals surface area contributed by atoms with Crippen LogP contribution < -0.4 is 10.6 Å². The molecule has 5 heteroatoms. The lowest BCUT2D eigenvalue weighted by atomic mass is 10.1. The number of carbonyl (C=O) groups excluding carboxylic acids is 2. The van der Waals surface area contributed by atoms with E-state index in [0.717, 1.165) is 5.56 Å². The summed E-state index contributed by atoms with van der Waals surface area (Å²) in [6.07, 6.45) is 0. The van der Waals surface area contributed by atoms with Gasteiger partial charge in [-0.2, -0.15) is 0 Å². The largest absolute Gasteiger partial charge is 0.321 e. The topological polar surface area (TPSA) is 58.2 Å². The van der Waals surface area contributed by atoms with Crippen molar-refractivity contribution >= 4 is 34.8 Å². The Kier molecular flexibility index (Phi) is 5.34. The molecule has 3 rings (SSSR count). The molecule has 0 bridgehead atoms. The third-order valence-electron chi connectivity index (χ3n) is 3.82. The lowest BCUT2D eigenvalue weighted by Gasteiger charge is -2.12. The van der Waals surface area contributed by atoms with Crippen molar-refractivity contribution < 1.29 is 9.59 Å². The minimum Gasteiger partial charge on any atom is -0.321 e. The first kappa shape index (κ1) is 17.7. The molecule has 130 valence electrons. The molecule has 0 aliphatic rings. The number of halogens is 1. The van der Waals surface area contributed by atoms with Gasteiger partial charge in [-0.25, -0.2) is 0 Å². The van der Waals surface area contributed by atoms with Gasteiger partial charge >= 0.3 is 0 Å². The lowest BCUT2D eigenvalue weighted by molar-refractivity contribution is 0.102. The summed E-state index contributed by atoms with van der Waals surface area (Å²) in [5, 5.41) is 6.02. The summed E-state index contributed by atoms with van der Waals surface area (Å²) < 4.78 is 0. The predicted octanol–water partition coefficient (Wildman–Crippen LogP) is 5.15. The van der Waals surface area contributed by atoms with Gasteiger partial charge in [0.05, 0.1) is 22.0 Å². The van der Waals surface area contributed by atoms with Crippen LogP contribution in [0.1, 0.15) is 26.3 Å². The van der Waals surface area contributed by atoms with Crippen molar-refractivity contribution in [1.82, 2.24) is 0 Å². The summed E-state index contributed by atoms with van der Waals surface area (Å²) >= 11 is 6.09. The lowest BCUT2D eigenvalue weighted by Crippen LogP contribution is -2.18. The highest BCUT2D eigenvalue weighted by Crippen LogP contribution is 2.23. The molecule has 2 N–H and O–H groups in total. The highest BCUT2D eigenvalue weighted by Gasteiger charge is 2.15. The van der Waals surface area contributed by atoms with Crippen molar-refractivity contribution in [3.05, 3.63) is 94.5 Å². The minimum atomic E-state index is -0.349.